The Labute approximate surface area is 177 Å². The molecular formula is C25H26N2O3. The fourth-order valence-corrected chi connectivity index (χ4v) is 2.95. The zero-order valence-electron chi connectivity index (χ0n) is 17.1. The van der Waals surface area contributed by atoms with E-state index in [0.29, 0.717) is 35.7 Å². The Bertz CT molecular complexity index is 969. The number of hydrogen-bond acceptors (Lipinski definition) is 3. The molecule has 2 amide bonds. The maximum Gasteiger partial charge on any atom is 0.255 e. The van der Waals surface area contributed by atoms with E-state index in [9.17, 15) is 9.59 Å². The maximum absolute atomic E-state index is 12.6. The van der Waals surface area contributed by atoms with E-state index in [1.165, 1.54) is 5.56 Å². The Balaban J connectivity index is 1.53. The second-order valence-electron chi connectivity index (χ2n) is 6.94. The molecule has 0 saturated carbocycles. The molecule has 3 aromatic rings. The summed E-state index contributed by atoms with van der Waals surface area (Å²) in [7, 11) is 0. The summed E-state index contributed by atoms with van der Waals surface area (Å²) < 4.78 is 5.80. The van der Waals surface area contributed by atoms with Crippen LogP contribution in [0.15, 0.2) is 78.9 Å². The molecule has 0 unspecified atom stereocenters. The first kappa shape index (κ1) is 21.1. The summed E-state index contributed by atoms with van der Waals surface area (Å²) in [5.74, 6) is 0.428. The lowest BCUT2D eigenvalue weighted by molar-refractivity contribution is -0.116. The Morgan fingerprint density at radius 3 is 2.23 bits per heavy atom. The molecule has 0 aliphatic heterocycles. The third kappa shape index (κ3) is 6.48. The third-order valence-corrected chi connectivity index (χ3v) is 4.50. The topological polar surface area (TPSA) is 67.4 Å². The van der Waals surface area contributed by atoms with Crippen molar-refractivity contribution in [3.63, 3.8) is 0 Å². The predicted octanol–water partition coefficient (Wildman–Crippen LogP) is 5.30. The van der Waals surface area contributed by atoms with Crippen LogP contribution in [0.3, 0.4) is 0 Å². The van der Waals surface area contributed by atoms with Gasteiger partial charge < -0.3 is 15.4 Å². The number of hydrogen-bond donors (Lipinski definition) is 2. The van der Waals surface area contributed by atoms with E-state index in [4.69, 9.17) is 4.74 Å². The van der Waals surface area contributed by atoms with Gasteiger partial charge in [0.2, 0.25) is 5.91 Å². The number of amides is 2. The van der Waals surface area contributed by atoms with Crippen LogP contribution in [0.2, 0.25) is 0 Å². The highest BCUT2D eigenvalue weighted by Gasteiger charge is 2.08. The van der Waals surface area contributed by atoms with Gasteiger partial charge >= 0.3 is 0 Å². The van der Waals surface area contributed by atoms with Gasteiger partial charge in [0.25, 0.3) is 5.91 Å². The van der Waals surface area contributed by atoms with E-state index in [1.807, 2.05) is 31.2 Å². The lowest BCUT2D eigenvalue weighted by Gasteiger charge is -2.10. The van der Waals surface area contributed by atoms with E-state index < -0.39 is 0 Å². The molecule has 0 fully saturated rings. The van der Waals surface area contributed by atoms with Crippen molar-refractivity contribution in [2.45, 2.75) is 26.2 Å². The second kappa shape index (κ2) is 10.8. The molecule has 0 bridgehead atoms. The highest BCUT2D eigenvalue weighted by Crippen LogP contribution is 2.18. The van der Waals surface area contributed by atoms with Crippen molar-refractivity contribution in [1.82, 2.24) is 0 Å². The van der Waals surface area contributed by atoms with E-state index >= 15 is 0 Å². The van der Waals surface area contributed by atoms with Crippen molar-refractivity contribution in [1.29, 1.82) is 0 Å². The van der Waals surface area contributed by atoms with Crippen molar-refractivity contribution in [3.8, 4) is 5.75 Å². The molecule has 0 aliphatic carbocycles. The van der Waals surface area contributed by atoms with Gasteiger partial charge in [0.05, 0.1) is 6.61 Å². The molecule has 30 heavy (non-hydrogen) atoms. The van der Waals surface area contributed by atoms with Crippen LogP contribution < -0.4 is 15.4 Å². The Kier molecular flexibility index (Phi) is 7.61. The first-order valence-corrected chi connectivity index (χ1v) is 10.1. The van der Waals surface area contributed by atoms with Crippen LogP contribution in [0.1, 0.15) is 35.7 Å². The van der Waals surface area contributed by atoms with Crippen LogP contribution in [-0.4, -0.2) is 18.4 Å². The van der Waals surface area contributed by atoms with Crippen molar-refractivity contribution >= 4 is 23.2 Å². The molecule has 2 N–H and O–H groups in total. The van der Waals surface area contributed by atoms with E-state index in [2.05, 4.69) is 22.8 Å². The molecule has 0 atom stereocenters. The van der Waals surface area contributed by atoms with Crippen LogP contribution >= 0.6 is 0 Å². The van der Waals surface area contributed by atoms with Crippen LogP contribution in [0.5, 0.6) is 5.75 Å². The largest absolute Gasteiger partial charge is 0.493 e. The summed E-state index contributed by atoms with van der Waals surface area (Å²) in [5.41, 5.74) is 3.09. The average Bonchev–Trinajstić information content (AvgIpc) is 2.76. The van der Waals surface area contributed by atoms with Crippen molar-refractivity contribution in [2.24, 2.45) is 0 Å². The van der Waals surface area contributed by atoms with Gasteiger partial charge in [-0.3, -0.25) is 9.59 Å². The average molecular weight is 402 g/mol. The molecule has 5 nitrogen and oxygen atoms in total. The van der Waals surface area contributed by atoms with Gasteiger partial charge in [-0.2, -0.15) is 0 Å². The standard InChI is InChI=1S/C25H26N2O3/c1-2-7-24(28)26-21-12-14-22(15-13-21)27-25(29)20-10-6-11-23(18-20)30-17-16-19-8-4-3-5-9-19/h3-6,8-15,18H,2,7,16-17H2,1H3,(H,26,28)(H,27,29). The minimum Gasteiger partial charge on any atom is -0.493 e. The molecule has 3 rings (SSSR count). The lowest BCUT2D eigenvalue weighted by Crippen LogP contribution is -2.13. The minimum atomic E-state index is -0.216. The van der Waals surface area contributed by atoms with Crippen LogP contribution in [-0.2, 0) is 11.2 Å². The van der Waals surface area contributed by atoms with Crippen molar-refractivity contribution < 1.29 is 14.3 Å². The summed E-state index contributed by atoms with van der Waals surface area (Å²) in [6.07, 6.45) is 2.09. The minimum absolute atomic E-state index is 0.0154. The van der Waals surface area contributed by atoms with E-state index in [-0.39, 0.29) is 11.8 Å². The zero-order chi connectivity index (χ0) is 21.2. The van der Waals surface area contributed by atoms with Gasteiger partial charge in [-0.05, 0) is 54.4 Å². The van der Waals surface area contributed by atoms with Crippen LogP contribution in [0.4, 0.5) is 11.4 Å². The fraction of sp³-hybridized carbons (Fsp3) is 0.200. The van der Waals surface area contributed by atoms with Gasteiger partial charge in [0.1, 0.15) is 5.75 Å². The lowest BCUT2D eigenvalue weighted by atomic mass is 10.1. The van der Waals surface area contributed by atoms with Crippen LogP contribution in [0, 0.1) is 0 Å². The number of ether oxygens (including phenoxy) is 1. The van der Waals surface area contributed by atoms with Crippen molar-refractivity contribution in [2.75, 3.05) is 17.2 Å². The first-order valence-electron chi connectivity index (χ1n) is 10.1. The molecule has 0 aromatic heterocycles. The fourth-order valence-electron chi connectivity index (χ4n) is 2.95. The number of benzene rings is 3. The van der Waals surface area contributed by atoms with Gasteiger partial charge in [-0.1, -0.05) is 43.3 Å². The quantitative estimate of drug-likeness (QED) is 0.510. The normalized spacial score (nSPS) is 10.3. The number of anilines is 2. The summed E-state index contributed by atoms with van der Waals surface area (Å²) in [6, 6.07) is 24.3. The number of carbonyl (C=O) groups excluding carboxylic acids is 2. The monoisotopic (exact) mass is 402 g/mol. The molecule has 0 spiro atoms. The number of carbonyl (C=O) groups is 2. The Morgan fingerprint density at radius 2 is 1.53 bits per heavy atom. The summed E-state index contributed by atoms with van der Waals surface area (Å²) in [4.78, 5) is 24.2. The van der Waals surface area contributed by atoms with E-state index in [1.54, 1.807) is 42.5 Å². The summed E-state index contributed by atoms with van der Waals surface area (Å²) >= 11 is 0. The van der Waals surface area contributed by atoms with Gasteiger partial charge in [0, 0.05) is 29.8 Å². The molecule has 5 heteroatoms. The molecule has 0 heterocycles. The van der Waals surface area contributed by atoms with Crippen molar-refractivity contribution in [3.05, 3.63) is 90.0 Å². The number of rotatable bonds is 9. The summed E-state index contributed by atoms with van der Waals surface area (Å²) in [5, 5.41) is 5.69. The Morgan fingerprint density at radius 1 is 0.833 bits per heavy atom. The Hall–Kier alpha value is -3.60. The molecule has 154 valence electrons. The molecular weight excluding hydrogens is 376 g/mol. The smallest absolute Gasteiger partial charge is 0.255 e. The van der Waals surface area contributed by atoms with E-state index in [0.717, 1.165) is 12.8 Å². The molecule has 0 radical (unpaired) electrons. The highest BCUT2D eigenvalue weighted by molar-refractivity contribution is 6.04. The highest BCUT2D eigenvalue weighted by atomic mass is 16.5. The SMILES string of the molecule is CCCC(=O)Nc1ccc(NC(=O)c2cccc(OCCc3ccccc3)c2)cc1. The van der Waals surface area contributed by atoms with Gasteiger partial charge in [-0.25, -0.2) is 0 Å². The molecule has 3 aromatic carbocycles. The molecule has 0 saturated heterocycles. The first-order chi connectivity index (χ1) is 14.6. The van der Waals surface area contributed by atoms with Crippen LogP contribution in [0.25, 0.3) is 0 Å². The summed E-state index contributed by atoms with van der Waals surface area (Å²) in [6.45, 7) is 2.50. The third-order valence-electron chi connectivity index (χ3n) is 4.50. The van der Waals surface area contributed by atoms with Gasteiger partial charge in [0.15, 0.2) is 0 Å². The maximum atomic E-state index is 12.6. The predicted molar refractivity (Wildman–Crippen MR) is 120 cm³/mol. The van der Waals surface area contributed by atoms with Gasteiger partial charge in [-0.15, -0.1) is 0 Å². The second-order valence-corrected chi connectivity index (χ2v) is 6.94. The molecule has 0 aliphatic rings. The number of nitrogens with one attached hydrogen (secondary N) is 2. The zero-order valence-corrected chi connectivity index (χ0v) is 17.1.